The van der Waals surface area contributed by atoms with Crippen molar-refractivity contribution in [3.8, 4) is 11.8 Å². The molecule has 2 heterocycles. The molecule has 0 unspecified atom stereocenters. The summed E-state index contributed by atoms with van der Waals surface area (Å²) in [7, 11) is 0. The fraction of sp³-hybridized carbons (Fsp3) is 0.450. The third kappa shape index (κ3) is 5.12. The predicted octanol–water partition coefficient (Wildman–Crippen LogP) is 2.98. The first-order chi connectivity index (χ1) is 13.2. The molecule has 0 bridgehead atoms. The molecule has 1 fully saturated rings. The molecular weight excluding hydrogens is 360 g/mol. The molecule has 27 heavy (non-hydrogen) atoms. The van der Waals surface area contributed by atoms with E-state index in [2.05, 4.69) is 27.8 Å². The second kappa shape index (κ2) is 9.58. The summed E-state index contributed by atoms with van der Waals surface area (Å²) in [5.74, 6) is 0.604. The van der Waals surface area contributed by atoms with Crippen LogP contribution in [0.4, 0.5) is 0 Å². The van der Waals surface area contributed by atoms with Crippen LogP contribution in [-0.2, 0) is 4.79 Å². The van der Waals surface area contributed by atoms with E-state index in [1.807, 2.05) is 30.3 Å². The van der Waals surface area contributed by atoms with E-state index in [0.717, 1.165) is 55.6 Å². The maximum Gasteiger partial charge on any atom is 0.286 e. The summed E-state index contributed by atoms with van der Waals surface area (Å²) >= 11 is 1.43. The van der Waals surface area contributed by atoms with Gasteiger partial charge in [-0.15, -0.1) is 0 Å². The second-order valence-electron chi connectivity index (χ2n) is 6.43. The number of carbonyl (C=O) groups is 1. The average Bonchev–Trinajstić information content (AvgIpc) is 3.06. The van der Waals surface area contributed by atoms with Gasteiger partial charge in [0.15, 0.2) is 5.17 Å². The normalized spacial score (nSPS) is 19.3. The molecule has 0 aliphatic carbocycles. The molecule has 0 spiro atoms. The monoisotopic (exact) mass is 384 g/mol. The number of amidine groups is 1. The molecular formula is C20H24N4O2S. The zero-order valence-electron chi connectivity index (χ0n) is 15.6. The molecule has 142 valence electrons. The number of amides is 1. The maximum atomic E-state index is 12.4. The van der Waals surface area contributed by atoms with Crippen molar-refractivity contribution >= 4 is 28.9 Å². The molecule has 1 amide bonds. The molecule has 0 radical (unpaired) electrons. The third-order valence-corrected chi connectivity index (χ3v) is 5.50. The average molecular weight is 385 g/mol. The number of carbonyl (C=O) groups excluding carboxylic acids is 1. The summed E-state index contributed by atoms with van der Waals surface area (Å²) in [6, 6.07) is 9.95. The Balaban J connectivity index is 1.63. The zero-order chi connectivity index (χ0) is 19.1. The van der Waals surface area contributed by atoms with Gasteiger partial charge in [0, 0.05) is 44.7 Å². The van der Waals surface area contributed by atoms with Gasteiger partial charge in [0.25, 0.3) is 5.91 Å². The fourth-order valence-corrected chi connectivity index (χ4v) is 3.94. The summed E-state index contributed by atoms with van der Waals surface area (Å²) in [4.78, 5) is 21.7. The van der Waals surface area contributed by atoms with Gasteiger partial charge in [-0.1, -0.05) is 25.1 Å². The van der Waals surface area contributed by atoms with Gasteiger partial charge in [-0.2, -0.15) is 10.3 Å². The number of rotatable bonds is 6. The first-order valence-corrected chi connectivity index (χ1v) is 10.1. The van der Waals surface area contributed by atoms with Gasteiger partial charge >= 0.3 is 0 Å². The maximum absolute atomic E-state index is 12.4. The van der Waals surface area contributed by atoms with Crippen LogP contribution in [0.5, 0.6) is 5.75 Å². The lowest BCUT2D eigenvalue weighted by atomic mass is 10.2. The summed E-state index contributed by atoms with van der Waals surface area (Å²) in [6.45, 7) is 6.96. The Morgan fingerprint density at radius 2 is 2.07 bits per heavy atom. The van der Waals surface area contributed by atoms with Crippen LogP contribution in [0.3, 0.4) is 0 Å². The van der Waals surface area contributed by atoms with Crippen LogP contribution < -0.4 is 4.74 Å². The van der Waals surface area contributed by atoms with Crippen LogP contribution in [0.15, 0.2) is 34.2 Å². The Morgan fingerprint density at radius 3 is 2.81 bits per heavy atom. The predicted molar refractivity (Wildman–Crippen MR) is 108 cm³/mol. The quantitative estimate of drug-likeness (QED) is 0.703. The Kier molecular flexibility index (Phi) is 6.91. The van der Waals surface area contributed by atoms with Crippen molar-refractivity contribution in [2.45, 2.75) is 19.8 Å². The minimum Gasteiger partial charge on any atom is -0.493 e. The molecule has 1 aromatic carbocycles. The van der Waals surface area contributed by atoms with E-state index in [0.29, 0.717) is 17.9 Å². The number of hydrogen-bond acceptors (Lipinski definition) is 6. The lowest BCUT2D eigenvalue weighted by Crippen LogP contribution is -2.47. The van der Waals surface area contributed by atoms with Crippen LogP contribution in [-0.4, -0.2) is 60.2 Å². The first kappa shape index (κ1) is 19.5. The molecule has 3 rings (SSSR count). The highest BCUT2D eigenvalue weighted by Gasteiger charge is 2.28. The number of para-hydroxylation sites is 1. The standard InChI is InChI=1S/C20H24N4O2S/c1-2-14-26-17-7-4-3-6-16(17)15-18-19(25)22-20(27-18)24-12-10-23(11-13-24)9-5-8-21/h3-4,6-7,15H,2,5,9-14H2,1H3/b18-15-. The van der Waals surface area contributed by atoms with Crippen LogP contribution in [0.2, 0.25) is 0 Å². The first-order valence-electron chi connectivity index (χ1n) is 9.30. The minimum atomic E-state index is -0.188. The highest BCUT2D eigenvalue weighted by atomic mass is 32.2. The highest BCUT2D eigenvalue weighted by molar-refractivity contribution is 8.18. The number of ether oxygens (including phenoxy) is 1. The van der Waals surface area contributed by atoms with E-state index in [1.54, 1.807) is 0 Å². The number of nitriles is 1. The van der Waals surface area contributed by atoms with E-state index in [9.17, 15) is 4.79 Å². The fourth-order valence-electron chi connectivity index (χ4n) is 2.99. The molecule has 2 aliphatic rings. The molecule has 1 aromatic rings. The summed E-state index contributed by atoms with van der Waals surface area (Å²) in [6.07, 6.45) is 3.37. The van der Waals surface area contributed by atoms with E-state index < -0.39 is 0 Å². The molecule has 0 atom stereocenters. The number of hydrogen-bond donors (Lipinski definition) is 0. The van der Waals surface area contributed by atoms with E-state index in [-0.39, 0.29) is 5.91 Å². The van der Waals surface area contributed by atoms with Gasteiger partial charge in [-0.3, -0.25) is 9.69 Å². The van der Waals surface area contributed by atoms with Crippen LogP contribution in [0.25, 0.3) is 6.08 Å². The van der Waals surface area contributed by atoms with Crippen LogP contribution >= 0.6 is 11.8 Å². The van der Waals surface area contributed by atoms with Crippen molar-refractivity contribution < 1.29 is 9.53 Å². The molecule has 0 N–H and O–H groups in total. The van der Waals surface area contributed by atoms with Gasteiger partial charge in [-0.25, -0.2) is 0 Å². The van der Waals surface area contributed by atoms with Gasteiger partial charge in [0.1, 0.15) is 5.75 Å². The Morgan fingerprint density at radius 1 is 1.30 bits per heavy atom. The second-order valence-corrected chi connectivity index (χ2v) is 7.44. The van der Waals surface area contributed by atoms with Gasteiger partial charge in [-0.05, 0) is 30.3 Å². The number of benzene rings is 1. The molecule has 0 saturated carbocycles. The molecule has 7 heteroatoms. The summed E-state index contributed by atoms with van der Waals surface area (Å²) < 4.78 is 5.78. The van der Waals surface area contributed by atoms with Crippen LogP contribution in [0, 0.1) is 11.3 Å². The summed E-state index contributed by atoms with van der Waals surface area (Å²) in [5.41, 5.74) is 0.902. The Bertz CT molecular complexity index is 776. The third-order valence-electron chi connectivity index (χ3n) is 4.46. The molecule has 1 saturated heterocycles. The minimum absolute atomic E-state index is 0.188. The lowest BCUT2D eigenvalue weighted by molar-refractivity contribution is -0.113. The van der Waals surface area contributed by atoms with Crippen molar-refractivity contribution in [1.29, 1.82) is 5.26 Å². The number of piperazine rings is 1. The smallest absolute Gasteiger partial charge is 0.286 e. The van der Waals surface area contributed by atoms with Crippen molar-refractivity contribution in [3.05, 3.63) is 34.7 Å². The van der Waals surface area contributed by atoms with Gasteiger partial charge in [0.05, 0.1) is 17.6 Å². The SMILES string of the molecule is CCCOc1ccccc1/C=C1\SC(N2CCN(CCC#N)CC2)=NC1=O. The Labute approximate surface area is 164 Å². The van der Waals surface area contributed by atoms with Crippen molar-refractivity contribution in [2.24, 2.45) is 4.99 Å². The van der Waals surface area contributed by atoms with E-state index in [4.69, 9.17) is 10.00 Å². The lowest BCUT2D eigenvalue weighted by Gasteiger charge is -2.34. The van der Waals surface area contributed by atoms with Crippen molar-refractivity contribution in [1.82, 2.24) is 9.80 Å². The molecule has 2 aliphatic heterocycles. The van der Waals surface area contributed by atoms with Crippen molar-refractivity contribution in [3.63, 3.8) is 0 Å². The number of aliphatic imine (C=N–C) groups is 1. The topological polar surface area (TPSA) is 68.9 Å². The number of nitrogens with zero attached hydrogens (tertiary/aromatic N) is 4. The van der Waals surface area contributed by atoms with E-state index in [1.165, 1.54) is 11.8 Å². The Hall–Kier alpha value is -2.30. The zero-order valence-corrected chi connectivity index (χ0v) is 16.4. The van der Waals surface area contributed by atoms with E-state index >= 15 is 0 Å². The van der Waals surface area contributed by atoms with Gasteiger partial charge in [0.2, 0.25) is 0 Å². The summed E-state index contributed by atoms with van der Waals surface area (Å²) in [5, 5.41) is 9.48. The van der Waals surface area contributed by atoms with Gasteiger partial charge < -0.3 is 9.64 Å². The number of thioether (sulfide) groups is 1. The molecule has 0 aromatic heterocycles. The highest BCUT2D eigenvalue weighted by Crippen LogP contribution is 2.32. The molecule has 6 nitrogen and oxygen atoms in total. The van der Waals surface area contributed by atoms with Crippen LogP contribution in [0.1, 0.15) is 25.3 Å². The van der Waals surface area contributed by atoms with Crippen molar-refractivity contribution in [2.75, 3.05) is 39.3 Å². The largest absolute Gasteiger partial charge is 0.493 e.